The van der Waals surface area contributed by atoms with Crippen LogP contribution < -0.4 is 5.32 Å². The van der Waals surface area contributed by atoms with Gasteiger partial charge in [0.1, 0.15) is 5.69 Å². The van der Waals surface area contributed by atoms with Crippen LogP contribution in [0, 0.1) is 5.92 Å². The highest BCUT2D eigenvalue weighted by Gasteiger charge is 2.33. The highest BCUT2D eigenvalue weighted by atomic mass is 16.3. The summed E-state index contributed by atoms with van der Waals surface area (Å²) in [5.74, 6) is 1.13. The molecule has 2 aliphatic heterocycles. The van der Waals surface area contributed by atoms with Crippen LogP contribution in [0.5, 0.6) is 0 Å². The van der Waals surface area contributed by atoms with Crippen molar-refractivity contribution in [2.45, 2.75) is 38.1 Å². The Balaban J connectivity index is 1.36. The van der Waals surface area contributed by atoms with E-state index in [-0.39, 0.29) is 5.91 Å². The molecule has 2 N–H and O–H groups in total. The molecule has 2 saturated heterocycles. The Hall–Kier alpha value is -2.08. The van der Waals surface area contributed by atoms with Gasteiger partial charge in [0.25, 0.3) is 5.91 Å². The largest absolute Gasteiger partial charge is 0.463 e. The number of nitrogens with one attached hydrogen (secondary N) is 2. The Morgan fingerprint density at radius 1 is 1.33 bits per heavy atom. The Morgan fingerprint density at radius 3 is 3.12 bits per heavy atom. The van der Waals surface area contributed by atoms with Crippen molar-refractivity contribution in [3.05, 3.63) is 30.2 Å². The third-order valence-electron chi connectivity index (χ3n) is 5.35. The van der Waals surface area contributed by atoms with Crippen molar-refractivity contribution in [1.82, 2.24) is 20.4 Å². The van der Waals surface area contributed by atoms with E-state index in [4.69, 9.17) is 4.42 Å². The summed E-state index contributed by atoms with van der Waals surface area (Å²) in [6, 6.07) is 6.04. The molecule has 0 saturated carbocycles. The van der Waals surface area contributed by atoms with Crippen molar-refractivity contribution < 1.29 is 9.21 Å². The summed E-state index contributed by atoms with van der Waals surface area (Å²) in [6.07, 6.45) is 7.96. The number of piperidine rings is 2. The van der Waals surface area contributed by atoms with E-state index < -0.39 is 0 Å². The Bertz CT molecular complexity index is 677. The van der Waals surface area contributed by atoms with Gasteiger partial charge in [-0.05, 0) is 56.8 Å². The molecule has 2 atom stereocenters. The molecule has 4 heterocycles. The van der Waals surface area contributed by atoms with Crippen LogP contribution in [0.3, 0.4) is 0 Å². The summed E-state index contributed by atoms with van der Waals surface area (Å²) in [5, 5.41) is 10.1. The van der Waals surface area contributed by atoms with Gasteiger partial charge in [-0.15, -0.1) is 0 Å². The molecule has 2 aliphatic rings. The predicted molar refractivity (Wildman–Crippen MR) is 90.6 cm³/mol. The fraction of sp³-hybridized carbons (Fsp3) is 0.556. The molecule has 2 fully saturated rings. The molecule has 128 valence electrons. The normalized spacial score (nSPS) is 24.5. The number of hydrogen-bond donors (Lipinski definition) is 2. The Kier molecular flexibility index (Phi) is 4.38. The molecule has 0 bridgehead atoms. The van der Waals surface area contributed by atoms with Crippen LogP contribution >= 0.6 is 0 Å². The predicted octanol–water partition coefficient (Wildman–Crippen LogP) is 2.66. The molecule has 0 aromatic carbocycles. The number of nitrogens with zero attached hydrogens (tertiary/aromatic N) is 2. The summed E-state index contributed by atoms with van der Waals surface area (Å²) in [5.41, 5.74) is 1.14. The van der Waals surface area contributed by atoms with Crippen molar-refractivity contribution in [3.8, 4) is 11.5 Å². The minimum Gasteiger partial charge on any atom is -0.463 e. The third-order valence-corrected chi connectivity index (χ3v) is 5.35. The van der Waals surface area contributed by atoms with E-state index in [0.29, 0.717) is 23.4 Å². The first kappa shape index (κ1) is 15.4. The van der Waals surface area contributed by atoms with Crippen LogP contribution in [-0.4, -0.2) is 46.7 Å². The summed E-state index contributed by atoms with van der Waals surface area (Å²) in [7, 11) is 0. The summed E-state index contributed by atoms with van der Waals surface area (Å²) >= 11 is 0. The highest BCUT2D eigenvalue weighted by Crippen LogP contribution is 2.30. The zero-order valence-electron chi connectivity index (χ0n) is 13.8. The second-order valence-corrected chi connectivity index (χ2v) is 6.86. The van der Waals surface area contributed by atoms with Crippen molar-refractivity contribution in [1.29, 1.82) is 0 Å². The lowest BCUT2D eigenvalue weighted by Gasteiger charge is -2.44. The fourth-order valence-electron chi connectivity index (χ4n) is 4.13. The molecule has 0 unspecified atom stereocenters. The first-order valence-corrected chi connectivity index (χ1v) is 8.93. The summed E-state index contributed by atoms with van der Waals surface area (Å²) in [6.45, 7) is 3.19. The molecule has 2 aromatic rings. The lowest BCUT2D eigenvalue weighted by Crippen LogP contribution is -2.51. The van der Waals surface area contributed by atoms with E-state index in [1.807, 2.05) is 12.1 Å². The van der Waals surface area contributed by atoms with Gasteiger partial charge in [0.2, 0.25) is 0 Å². The molecule has 0 radical (unpaired) electrons. The van der Waals surface area contributed by atoms with Gasteiger partial charge in [-0.2, -0.15) is 5.10 Å². The van der Waals surface area contributed by atoms with Gasteiger partial charge in [-0.25, -0.2) is 0 Å². The number of carbonyl (C=O) groups is 1. The fourth-order valence-corrected chi connectivity index (χ4v) is 4.13. The van der Waals surface area contributed by atoms with Crippen LogP contribution in [0.1, 0.15) is 42.6 Å². The first-order chi connectivity index (χ1) is 11.8. The smallest absolute Gasteiger partial charge is 0.271 e. The molecular weight excluding hydrogens is 304 g/mol. The number of furan rings is 1. The maximum atomic E-state index is 12.4. The lowest BCUT2D eigenvalue weighted by molar-refractivity contribution is 0.0575. The van der Waals surface area contributed by atoms with Crippen molar-refractivity contribution in [2.24, 2.45) is 5.92 Å². The van der Waals surface area contributed by atoms with Gasteiger partial charge in [-0.1, -0.05) is 6.42 Å². The number of rotatable bonds is 4. The Labute approximate surface area is 141 Å². The van der Waals surface area contributed by atoms with E-state index in [1.54, 1.807) is 12.3 Å². The molecular formula is C18H24N4O2. The topological polar surface area (TPSA) is 74.2 Å². The maximum absolute atomic E-state index is 12.4. The molecule has 0 spiro atoms. The number of H-pyrrole nitrogens is 1. The van der Waals surface area contributed by atoms with E-state index in [9.17, 15) is 4.79 Å². The number of aromatic nitrogens is 2. The zero-order valence-corrected chi connectivity index (χ0v) is 13.8. The SMILES string of the molecule is O=C(NC[C@@H]1CCCN2CCCC[C@@H]12)c1cc(-c2ccco2)[nH]n1. The number of hydrogen-bond acceptors (Lipinski definition) is 4. The standard InChI is InChI=1S/C18H24N4O2/c23-18(15-11-14(20-21-15)17-7-4-10-24-17)19-12-13-5-3-9-22-8-2-1-6-16(13)22/h4,7,10-11,13,16H,1-3,5-6,8-9,12H2,(H,19,23)(H,20,21)/t13-,16-/m0/s1. The average molecular weight is 328 g/mol. The first-order valence-electron chi connectivity index (χ1n) is 8.93. The summed E-state index contributed by atoms with van der Waals surface area (Å²) in [4.78, 5) is 15.0. The van der Waals surface area contributed by atoms with Crippen LogP contribution in [0.15, 0.2) is 28.9 Å². The van der Waals surface area contributed by atoms with Crippen molar-refractivity contribution >= 4 is 5.91 Å². The number of amides is 1. The van der Waals surface area contributed by atoms with Crippen molar-refractivity contribution in [3.63, 3.8) is 0 Å². The molecule has 0 aliphatic carbocycles. The number of aromatic amines is 1. The molecule has 6 heteroatoms. The summed E-state index contributed by atoms with van der Waals surface area (Å²) < 4.78 is 5.32. The monoisotopic (exact) mass is 328 g/mol. The van der Waals surface area contributed by atoms with Gasteiger partial charge in [0.05, 0.1) is 6.26 Å². The van der Waals surface area contributed by atoms with Crippen LogP contribution in [-0.2, 0) is 0 Å². The van der Waals surface area contributed by atoms with Gasteiger partial charge >= 0.3 is 0 Å². The maximum Gasteiger partial charge on any atom is 0.271 e. The molecule has 6 nitrogen and oxygen atoms in total. The quantitative estimate of drug-likeness (QED) is 0.905. The third kappa shape index (κ3) is 3.11. The van der Waals surface area contributed by atoms with E-state index in [1.165, 1.54) is 45.2 Å². The van der Waals surface area contributed by atoms with E-state index in [0.717, 1.165) is 12.2 Å². The zero-order chi connectivity index (χ0) is 16.4. The number of carbonyl (C=O) groups excluding carboxylic acids is 1. The number of fused-ring (bicyclic) bond motifs is 1. The van der Waals surface area contributed by atoms with Gasteiger partial charge in [-0.3, -0.25) is 9.89 Å². The minimum atomic E-state index is -0.114. The average Bonchev–Trinajstić information content (AvgIpc) is 3.30. The molecule has 4 rings (SSSR count). The minimum absolute atomic E-state index is 0.114. The Morgan fingerprint density at radius 2 is 2.25 bits per heavy atom. The molecule has 2 aromatic heterocycles. The van der Waals surface area contributed by atoms with Gasteiger partial charge in [0.15, 0.2) is 11.5 Å². The second-order valence-electron chi connectivity index (χ2n) is 6.86. The second kappa shape index (κ2) is 6.81. The van der Waals surface area contributed by atoms with Crippen LogP contribution in [0.4, 0.5) is 0 Å². The van der Waals surface area contributed by atoms with Crippen LogP contribution in [0.25, 0.3) is 11.5 Å². The molecule has 1 amide bonds. The van der Waals surface area contributed by atoms with E-state index >= 15 is 0 Å². The lowest BCUT2D eigenvalue weighted by atomic mass is 9.83. The van der Waals surface area contributed by atoms with E-state index in [2.05, 4.69) is 20.4 Å². The van der Waals surface area contributed by atoms with Crippen LogP contribution in [0.2, 0.25) is 0 Å². The molecule has 24 heavy (non-hydrogen) atoms. The van der Waals surface area contributed by atoms with Gasteiger partial charge < -0.3 is 14.6 Å². The highest BCUT2D eigenvalue weighted by molar-refractivity contribution is 5.93. The van der Waals surface area contributed by atoms with Gasteiger partial charge in [0, 0.05) is 18.7 Å². The van der Waals surface area contributed by atoms with Crippen molar-refractivity contribution in [2.75, 3.05) is 19.6 Å².